The molecular formula is C20H28N4O2S. The van der Waals surface area contributed by atoms with Gasteiger partial charge in [0.2, 0.25) is 11.0 Å². The lowest BCUT2D eigenvalue weighted by molar-refractivity contribution is -0.122. The SMILES string of the molecule is CCCCCNC(=O)[C@H]1CCCN1c1nc(Cc2cccc(OC)c2)ns1. The van der Waals surface area contributed by atoms with Crippen molar-refractivity contribution in [3.05, 3.63) is 35.7 Å². The summed E-state index contributed by atoms with van der Waals surface area (Å²) in [6.45, 7) is 3.79. The molecule has 1 N–H and O–H groups in total. The molecular weight excluding hydrogens is 360 g/mol. The number of aromatic nitrogens is 2. The summed E-state index contributed by atoms with van der Waals surface area (Å²) < 4.78 is 9.78. The number of rotatable bonds is 9. The smallest absolute Gasteiger partial charge is 0.242 e. The standard InChI is InChI=1S/C20H28N4O2S/c1-3-4-5-11-21-19(25)17-10-7-12-24(17)20-22-18(23-27-20)14-15-8-6-9-16(13-15)26-2/h6,8-9,13,17H,3-5,7,10-12,14H2,1-2H3,(H,21,25)/t17-/m1/s1. The van der Waals surface area contributed by atoms with Gasteiger partial charge < -0.3 is 15.0 Å². The molecule has 0 bridgehead atoms. The Balaban J connectivity index is 1.61. The molecule has 6 nitrogen and oxygen atoms in total. The predicted octanol–water partition coefficient (Wildman–Crippen LogP) is 3.41. The summed E-state index contributed by atoms with van der Waals surface area (Å²) in [5.74, 6) is 1.74. The van der Waals surface area contributed by atoms with Crippen LogP contribution < -0.4 is 15.0 Å². The van der Waals surface area contributed by atoms with Crippen LogP contribution in [-0.2, 0) is 11.2 Å². The van der Waals surface area contributed by atoms with Crippen LogP contribution in [0.3, 0.4) is 0 Å². The minimum Gasteiger partial charge on any atom is -0.497 e. The van der Waals surface area contributed by atoms with E-state index in [1.54, 1.807) is 7.11 Å². The van der Waals surface area contributed by atoms with Crippen molar-refractivity contribution < 1.29 is 9.53 Å². The lowest BCUT2D eigenvalue weighted by Crippen LogP contribution is -2.43. The van der Waals surface area contributed by atoms with Crippen molar-refractivity contribution >= 4 is 22.6 Å². The molecule has 0 radical (unpaired) electrons. The number of carbonyl (C=O) groups excluding carboxylic acids is 1. The Morgan fingerprint density at radius 1 is 1.41 bits per heavy atom. The summed E-state index contributed by atoms with van der Waals surface area (Å²) in [4.78, 5) is 19.4. The maximum atomic E-state index is 12.6. The van der Waals surface area contributed by atoms with Crippen molar-refractivity contribution in [2.45, 2.75) is 51.5 Å². The maximum Gasteiger partial charge on any atom is 0.242 e. The number of carbonyl (C=O) groups is 1. The number of nitrogens with zero attached hydrogens (tertiary/aromatic N) is 3. The van der Waals surface area contributed by atoms with Crippen molar-refractivity contribution in [3.63, 3.8) is 0 Å². The number of hydrogen-bond donors (Lipinski definition) is 1. The number of unbranched alkanes of at least 4 members (excludes halogenated alkanes) is 2. The molecule has 1 aliphatic rings. The number of anilines is 1. The molecule has 0 unspecified atom stereocenters. The molecule has 2 aromatic rings. The third-order valence-electron chi connectivity index (χ3n) is 4.83. The van der Waals surface area contributed by atoms with E-state index in [2.05, 4.69) is 21.5 Å². The third-order valence-corrected chi connectivity index (χ3v) is 5.63. The van der Waals surface area contributed by atoms with Crippen LogP contribution in [0.4, 0.5) is 5.13 Å². The van der Waals surface area contributed by atoms with E-state index < -0.39 is 0 Å². The van der Waals surface area contributed by atoms with Crippen LogP contribution >= 0.6 is 11.5 Å². The van der Waals surface area contributed by atoms with Gasteiger partial charge in [-0.05, 0) is 37.0 Å². The topological polar surface area (TPSA) is 67.4 Å². The lowest BCUT2D eigenvalue weighted by Gasteiger charge is -2.22. The quantitative estimate of drug-likeness (QED) is 0.667. The van der Waals surface area contributed by atoms with Crippen LogP contribution in [0.1, 0.15) is 50.4 Å². The Morgan fingerprint density at radius 2 is 2.30 bits per heavy atom. The molecule has 1 saturated heterocycles. The zero-order valence-corrected chi connectivity index (χ0v) is 16.9. The van der Waals surface area contributed by atoms with E-state index in [1.807, 2.05) is 24.3 Å². The van der Waals surface area contributed by atoms with E-state index in [0.29, 0.717) is 6.42 Å². The largest absolute Gasteiger partial charge is 0.497 e. The zero-order chi connectivity index (χ0) is 19.1. The van der Waals surface area contributed by atoms with Gasteiger partial charge in [-0.25, -0.2) is 4.98 Å². The second-order valence-electron chi connectivity index (χ2n) is 6.87. The Bertz CT molecular complexity index is 749. The Labute approximate surface area is 165 Å². The van der Waals surface area contributed by atoms with Gasteiger partial charge in [0.1, 0.15) is 17.6 Å². The zero-order valence-electron chi connectivity index (χ0n) is 16.1. The average molecular weight is 389 g/mol. The number of ether oxygens (including phenoxy) is 1. The van der Waals surface area contributed by atoms with E-state index in [-0.39, 0.29) is 11.9 Å². The molecule has 1 aromatic heterocycles. The van der Waals surface area contributed by atoms with Crippen molar-refractivity contribution in [2.75, 3.05) is 25.1 Å². The Hall–Kier alpha value is -2.15. The van der Waals surface area contributed by atoms with E-state index in [9.17, 15) is 4.79 Å². The van der Waals surface area contributed by atoms with Crippen LogP contribution in [0.5, 0.6) is 5.75 Å². The highest BCUT2D eigenvalue weighted by atomic mass is 32.1. The second kappa shape index (κ2) is 9.69. The number of methoxy groups -OCH3 is 1. The summed E-state index contributed by atoms with van der Waals surface area (Å²) in [5.41, 5.74) is 1.12. The van der Waals surface area contributed by atoms with Gasteiger partial charge in [0.25, 0.3) is 0 Å². The molecule has 1 aromatic carbocycles. The summed E-state index contributed by atoms with van der Waals surface area (Å²) >= 11 is 1.38. The van der Waals surface area contributed by atoms with E-state index in [0.717, 1.165) is 67.5 Å². The van der Waals surface area contributed by atoms with Crippen LogP contribution in [0, 0.1) is 0 Å². The van der Waals surface area contributed by atoms with Gasteiger partial charge in [-0.3, -0.25) is 4.79 Å². The molecule has 0 saturated carbocycles. The highest BCUT2D eigenvalue weighted by Gasteiger charge is 2.32. The normalized spacial score (nSPS) is 16.5. The van der Waals surface area contributed by atoms with Gasteiger partial charge in [0, 0.05) is 31.0 Å². The highest BCUT2D eigenvalue weighted by molar-refractivity contribution is 7.09. The Morgan fingerprint density at radius 3 is 3.11 bits per heavy atom. The third kappa shape index (κ3) is 5.19. The molecule has 1 aliphatic heterocycles. The van der Waals surface area contributed by atoms with Crippen LogP contribution in [0.2, 0.25) is 0 Å². The van der Waals surface area contributed by atoms with Crippen LogP contribution in [0.15, 0.2) is 24.3 Å². The maximum absolute atomic E-state index is 12.6. The molecule has 27 heavy (non-hydrogen) atoms. The number of nitrogens with one attached hydrogen (secondary N) is 1. The molecule has 1 atom stereocenters. The average Bonchev–Trinajstić information content (AvgIpc) is 3.34. The molecule has 2 heterocycles. The molecule has 3 rings (SSSR count). The van der Waals surface area contributed by atoms with Gasteiger partial charge in [-0.2, -0.15) is 4.37 Å². The second-order valence-corrected chi connectivity index (χ2v) is 7.60. The van der Waals surface area contributed by atoms with Crippen molar-refractivity contribution in [1.82, 2.24) is 14.7 Å². The van der Waals surface area contributed by atoms with Gasteiger partial charge in [-0.15, -0.1) is 0 Å². The van der Waals surface area contributed by atoms with Crippen molar-refractivity contribution in [1.29, 1.82) is 0 Å². The van der Waals surface area contributed by atoms with Gasteiger partial charge >= 0.3 is 0 Å². The first-order valence-corrected chi connectivity index (χ1v) is 10.5. The van der Waals surface area contributed by atoms with Gasteiger partial charge in [0.15, 0.2) is 0 Å². The molecule has 0 aliphatic carbocycles. The first-order valence-electron chi connectivity index (χ1n) is 9.71. The van der Waals surface area contributed by atoms with E-state index in [1.165, 1.54) is 11.5 Å². The fourth-order valence-corrected chi connectivity index (χ4v) is 4.13. The fourth-order valence-electron chi connectivity index (χ4n) is 3.37. The van der Waals surface area contributed by atoms with Gasteiger partial charge in [0.05, 0.1) is 7.11 Å². The number of benzene rings is 1. The summed E-state index contributed by atoms with van der Waals surface area (Å²) in [6.07, 6.45) is 5.90. The summed E-state index contributed by atoms with van der Waals surface area (Å²) in [5, 5.41) is 3.93. The minimum atomic E-state index is -0.121. The van der Waals surface area contributed by atoms with Gasteiger partial charge in [-0.1, -0.05) is 31.9 Å². The fraction of sp³-hybridized carbons (Fsp3) is 0.550. The molecule has 1 fully saturated rings. The van der Waals surface area contributed by atoms with E-state index in [4.69, 9.17) is 9.72 Å². The predicted molar refractivity (Wildman–Crippen MR) is 109 cm³/mol. The van der Waals surface area contributed by atoms with Crippen molar-refractivity contribution in [2.24, 2.45) is 0 Å². The molecule has 1 amide bonds. The minimum absolute atomic E-state index is 0.119. The number of amides is 1. The summed E-state index contributed by atoms with van der Waals surface area (Å²) in [6, 6.07) is 7.83. The first kappa shape index (κ1) is 19.6. The number of hydrogen-bond acceptors (Lipinski definition) is 6. The van der Waals surface area contributed by atoms with Crippen LogP contribution in [-0.4, -0.2) is 41.5 Å². The van der Waals surface area contributed by atoms with E-state index >= 15 is 0 Å². The molecule has 146 valence electrons. The molecule has 7 heteroatoms. The van der Waals surface area contributed by atoms with Crippen molar-refractivity contribution in [3.8, 4) is 5.75 Å². The Kier molecular flexibility index (Phi) is 7.04. The van der Waals surface area contributed by atoms with Crippen LogP contribution in [0.25, 0.3) is 0 Å². The molecule has 0 spiro atoms. The first-order chi connectivity index (χ1) is 13.2. The summed E-state index contributed by atoms with van der Waals surface area (Å²) in [7, 11) is 1.67. The monoisotopic (exact) mass is 388 g/mol. The highest BCUT2D eigenvalue weighted by Crippen LogP contribution is 2.28. The lowest BCUT2D eigenvalue weighted by atomic mass is 10.1.